The third-order valence-corrected chi connectivity index (χ3v) is 3.17. The zero-order chi connectivity index (χ0) is 15.1. The lowest BCUT2D eigenvalue weighted by molar-refractivity contribution is -0.136. The van der Waals surface area contributed by atoms with E-state index in [0.717, 1.165) is 16.6 Å². The topological polar surface area (TPSA) is 59.0 Å². The third kappa shape index (κ3) is 5.38. The number of likely N-dealkylation sites (N-methyl/N-ethyl adjacent to an activating group) is 1. The lowest BCUT2D eigenvalue weighted by atomic mass is 10.1. The Hall–Kier alpha value is -1.27. The number of carbonyl (C=O) groups is 1. The average molecular weight is 346 g/mol. The predicted octanol–water partition coefficient (Wildman–Crippen LogP) is 2.42. The second-order valence-corrected chi connectivity index (χ2v) is 5.56. The number of benzene rings is 1. The Kier molecular flexibility index (Phi) is 6.81. The van der Waals surface area contributed by atoms with E-state index >= 15 is 0 Å². The highest BCUT2D eigenvalue weighted by Crippen LogP contribution is 2.35. The van der Waals surface area contributed by atoms with Crippen LogP contribution in [0.1, 0.15) is 12.0 Å². The second-order valence-electron chi connectivity index (χ2n) is 4.64. The largest absolute Gasteiger partial charge is 0.493 e. The molecule has 0 fully saturated rings. The van der Waals surface area contributed by atoms with Crippen LogP contribution in [0.4, 0.5) is 0 Å². The molecule has 6 heteroatoms. The Morgan fingerprint density at radius 2 is 2.10 bits per heavy atom. The van der Waals surface area contributed by atoms with Gasteiger partial charge in [-0.05, 0) is 38.2 Å². The summed E-state index contributed by atoms with van der Waals surface area (Å²) in [5.74, 6) is 0.403. The average Bonchev–Trinajstić information content (AvgIpc) is 2.37. The molecule has 0 aliphatic carbocycles. The maximum absolute atomic E-state index is 10.7. The first kappa shape index (κ1) is 16.8. The Bertz CT molecular complexity index is 463. The summed E-state index contributed by atoms with van der Waals surface area (Å²) in [5, 5.41) is 8.82. The summed E-state index contributed by atoms with van der Waals surface area (Å²) >= 11 is 3.40. The van der Waals surface area contributed by atoms with Gasteiger partial charge < -0.3 is 19.5 Å². The van der Waals surface area contributed by atoms with Gasteiger partial charge in [-0.15, -0.1) is 0 Å². The molecule has 0 amide bonds. The van der Waals surface area contributed by atoms with E-state index in [1.54, 1.807) is 7.11 Å². The molecular weight excluding hydrogens is 326 g/mol. The number of carboxylic acid groups (broad SMARTS) is 1. The van der Waals surface area contributed by atoms with E-state index in [1.165, 1.54) is 0 Å². The molecule has 0 saturated carbocycles. The van der Waals surface area contributed by atoms with E-state index < -0.39 is 5.97 Å². The first-order chi connectivity index (χ1) is 9.43. The quantitative estimate of drug-likeness (QED) is 0.783. The lowest BCUT2D eigenvalue weighted by Crippen LogP contribution is -2.20. The molecule has 0 aliphatic heterocycles. The van der Waals surface area contributed by atoms with Crippen LogP contribution in [-0.4, -0.2) is 50.3 Å². The maximum atomic E-state index is 10.7. The summed E-state index contributed by atoms with van der Waals surface area (Å²) in [4.78, 5) is 12.8. The van der Waals surface area contributed by atoms with Gasteiger partial charge in [0.05, 0.1) is 7.11 Å². The molecule has 0 spiro atoms. The van der Waals surface area contributed by atoms with Crippen LogP contribution in [0.25, 0.3) is 0 Å². The molecule has 0 saturated heterocycles. The molecule has 0 unspecified atom stereocenters. The number of aliphatic carboxylic acids is 1. The fraction of sp³-hybridized carbons (Fsp3) is 0.500. The molecule has 0 heterocycles. The Labute approximate surface area is 127 Å². The van der Waals surface area contributed by atoms with Crippen LogP contribution < -0.4 is 9.47 Å². The summed E-state index contributed by atoms with van der Waals surface area (Å²) < 4.78 is 11.9. The van der Waals surface area contributed by atoms with Crippen LogP contribution in [0, 0.1) is 0 Å². The predicted molar refractivity (Wildman–Crippen MR) is 80.7 cm³/mol. The molecule has 0 atom stereocenters. The van der Waals surface area contributed by atoms with Gasteiger partial charge in [0.2, 0.25) is 0 Å². The number of aryl methyl sites for hydroxylation is 1. The zero-order valence-corrected chi connectivity index (χ0v) is 13.6. The smallest absolute Gasteiger partial charge is 0.303 e. The van der Waals surface area contributed by atoms with Gasteiger partial charge in [-0.2, -0.15) is 0 Å². The Morgan fingerprint density at radius 1 is 1.40 bits per heavy atom. The van der Waals surface area contributed by atoms with Crippen LogP contribution in [0.3, 0.4) is 0 Å². The van der Waals surface area contributed by atoms with Gasteiger partial charge in [0.25, 0.3) is 0 Å². The molecule has 1 N–H and O–H groups in total. The normalized spacial score (nSPS) is 10.7. The summed E-state index contributed by atoms with van der Waals surface area (Å²) in [6.07, 6.45) is 0.464. The molecule has 1 rings (SSSR count). The van der Waals surface area contributed by atoms with Gasteiger partial charge >= 0.3 is 5.97 Å². The van der Waals surface area contributed by atoms with Gasteiger partial charge in [-0.3, -0.25) is 4.79 Å². The van der Waals surface area contributed by atoms with Crippen molar-refractivity contribution in [2.45, 2.75) is 12.8 Å². The SMILES string of the molecule is COc1cc(Br)cc(CCC(=O)O)c1OCCN(C)C. The van der Waals surface area contributed by atoms with E-state index in [2.05, 4.69) is 15.9 Å². The number of halogens is 1. The van der Waals surface area contributed by atoms with Gasteiger partial charge in [-0.25, -0.2) is 0 Å². The maximum Gasteiger partial charge on any atom is 0.303 e. The van der Waals surface area contributed by atoms with Crippen molar-refractivity contribution in [2.75, 3.05) is 34.4 Å². The molecular formula is C14H20BrNO4. The minimum atomic E-state index is -0.830. The lowest BCUT2D eigenvalue weighted by Gasteiger charge is -2.17. The second kappa shape index (κ2) is 8.11. The van der Waals surface area contributed by atoms with Gasteiger partial charge in [0.15, 0.2) is 11.5 Å². The van der Waals surface area contributed by atoms with Crippen molar-refractivity contribution in [1.82, 2.24) is 4.90 Å². The van der Waals surface area contributed by atoms with Crippen LogP contribution >= 0.6 is 15.9 Å². The molecule has 0 aliphatic rings. The van der Waals surface area contributed by atoms with E-state index in [-0.39, 0.29) is 6.42 Å². The number of nitrogens with zero attached hydrogens (tertiary/aromatic N) is 1. The minimum absolute atomic E-state index is 0.0592. The van der Waals surface area contributed by atoms with Crippen LogP contribution in [-0.2, 0) is 11.2 Å². The Morgan fingerprint density at radius 3 is 2.65 bits per heavy atom. The number of methoxy groups -OCH3 is 1. The van der Waals surface area contributed by atoms with Gasteiger partial charge in [0.1, 0.15) is 6.61 Å². The molecule has 1 aromatic carbocycles. The van der Waals surface area contributed by atoms with Crippen molar-refractivity contribution in [1.29, 1.82) is 0 Å². The summed E-state index contributed by atoms with van der Waals surface area (Å²) in [6.45, 7) is 1.29. The number of ether oxygens (including phenoxy) is 2. The third-order valence-electron chi connectivity index (χ3n) is 2.71. The van der Waals surface area contributed by atoms with Crippen LogP contribution in [0.15, 0.2) is 16.6 Å². The van der Waals surface area contributed by atoms with E-state index in [4.69, 9.17) is 14.6 Å². The standard InChI is InChI=1S/C14H20BrNO4/c1-16(2)6-7-20-14-10(4-5-13(17)18)8-11(15)9-12(14)19-3/h8-9H,4-7H2,1-3H3,(H,17,18). The molecule has 0 aromatic heterocycles. The van der Waals surface area contributed by atoms with E-state index in [9.17, 15) is 4.79 Å². The molecule has 1 aromatic rings. The highest BCUT2D eigenvalue weighted by atomic mass is 79.9. The zero-order valence-electron chi connectivity index (χ0n) is 12.0. The fourth-order valence-corrected chi connectivity index (χ4v) is 2.18. The molecule has 0 bridgehead atoms. The summed E-state index contributed by atoms with van der Waals surface area (Å²) in [6, 6.07) is 3.69. The van der Waals surface area contributed by atoms with Gasteiger partial charge in [0, 0.05) is 17.4 Å². The number of hydrogen-bond donors (Lipinski definition) is 1. The van der Waals surface area contributed by atoms with Crippen molar-refractivity contribution in [3.05, 3.63) is 22.2 Å². The molecule has 0 radical (unpaired) electrons. The number of rotatable bonds is 8. The van der Waals surface area contributed by atoms with Crippen molar-refractivity contribution >= 4 is 21.9 Å². The first-order valence-corrected chi connectivity index (χ1v) is 7.09. The van der Waals surface area contributed by atoms with E-state index in [1.807, 2.05) is 31.1 Å². The minimum Gasteiger partial charge on any atom is -0.493 e. The number of carboxylic acids is 1. The monoisotopic (exact) mass is 345 g/mol. The van der Waals surface area contributed by atoms with Crippen LogP contribution in [0.2, 0.25) is 0 Å². The van der Waals surface area contributed by atoms with Crippen molar-refractivity contribution in [3.8, 4) is 11.5 Å². The highest BCUT2D eigenvalue weighted by Gasteiger charge is 2.14. The van der Waals surface area contributed by atoms with Gasteiger partial charge in [-0.1, -0.05) is 15.9 Å². The Balaban J connectivity index is 2.93. The summed E-state index contributed by atoms with van der Waals surface area (Å²) in [5.41, 5.74) is 0.831. The fourth-order valence-electron chi connectivity index (χ4n) is 1.70. The highest BCUT2D eigenvalue weighted by molar-refractivity contribution is 9.10. The molecule has 112 valence electrons. The van der Waals surface area contributed by atoms with Crippen molar-refractivity contribution < 1.29 is 19.4 Å². The molecule has 5 nitrogen and oxygen atoms in total. The summed E-state index contributed by atoms with van der Waals surface area (Å²) in [7, 11) is 5.50. The van der Waals surface area contributed by atoms with E-state index in [0.29, 0.717) is 24.5 Å². The van der Waals surface area contributed by atoms with Crippen LogP contribution in [0.5, 0.6) is 11.5 Å². The number of hydrogen-bond acceptors (Lipinski definition) is 4. The van der Waals surface area contributed by atoms with Crippen molar-refractivity contribution in [3.63, 3.8) is 0 Å². The first-order valence-electron chi connectivity index (χ1n) is 6.29. The molecule has 20 heavy (non-hydrogen) atoms. The van der Waals surface area contributed by atoms with Crippen molar-refractivity contribution in [2.24, 2.45) is 0 Å².